The second-order valence-corrected chi connectivity index (χ2v) is 15.9. The predicted octanol–water partition coefficient (Wildman–Crippen LogP) is 11.3. The van der Waals surface area contributed by atoms with Crippen LogP contribution in [0.25, 0.3) is 72.5 Å². The van der Waals surface area contributed by atoms with Gasteiger partial charge in [0.1, 0.15) is 0 Å². The van der Waals surface area contributed by atoms with E-state index in [9.17, 15) is 0 Å². The van der Waals surface area contributed by atoms with Crippen LogP contribution in [-0.4, -0.2) is 4.57 Å². The maximum atomic E-state index is 7.18. The Morgan fingerprint density at radius 2 is 1.44 bits per heavy atom. The molecular weight excluding hydrogens is 691 g/mol. The van der Waals surface area contributed by atoms with E-state index in [0.29, 0.717) is 6.54 Å². The van der Waals surface area contributed by atoms with Gasteiger partial charge in [0.05, 0.1) is 17.1 Å². The molecule has 11 rings (SSSR count). The number of benzene rings is 7. The molecule has 0 saturated carbocycles. The number of nitrogens with two attached hydrogens (primary N) is 1. The van der Waals surface area contributed by atoms with Crippen LogP contribution in [0.2, 0.25) is 0 Å². The van der Waals surface area contributed by atoms with Crippen molar-refractivity contribution in [2.24, 2.45) is 5.73 Å². The molecule has 1 atom stereocenters. The molecule has 0 saturated heterocycles. The zero-order chi connectivity index (χ0) is 37.9. The standard InChI is InChI=1S/C54H45N3/c55-49(33-50(45-25-12-17-36-14-2-5-20-42(36)45)56-34-39-18-11-16-35-13-1-4-19-41(35)39)38-27-30-40(31-28-38)57-51-26-10-9-24-48(51)53-52-43-21-6-3-15-37(43)29-32-46(52)44-22-7-8-23-47(44)54(53)57/h1,3-4,7-20,22-28,30-31,33,49,56H,2,5-6,21,29,32,34,55H2/b50-33-. The number of aromatic nitrogens is 1. The molecule has 0 bridgehead atoms. The molecule has 3 nitrogen and oxygen atoms in total. The summed E-state index contributed by atoms with van der Waals surface area (Å²) in [4.78, 5) is 0. The monoisotopic (exact) mass is 735 g/mol. The lowest BCUT2D eigenvalue weighted by Gasteiger charge is -2.27. The van der Waals surface area contributed by atoms with Crippen molar-refractivity contribution in [2.75, 3.05) is 0 Å². The van der Waals surface area contributed by atoms with Gasteiger partial charge in [-0.05, 0) is 123 Å². The van der Waals surface area contributed by atoms with Gasteiger partial charge >= 0.3 is 0 Å². The summed E-state index contributed by atoms with van der Waals surface area (Å²) in [6.07, 6.45) is 18.2. The Labute approximate surface area is 333 Å². The summed E-state index contributed by atoms with van der Waals surface area (Å²) >= 11 is 0. The highest BCUT2D eigenvalue weighted by atomic mass is 15.0. The SMILES string of the molecule is NC(/C=C(\NCc1cccc2ccccc12)c1cccc2c1=CCCC=2)c1ccc(-n2c3ccccc3c3c4c(c5ccccc5c32)CCC2=C4CCC=C2)cc1. The van der Waals surface area contributed by atoms with Gasteiger partial charge in [-0.25, -0.2) is 0 Å². The third-order valence-corrected chi connectivity index (χ3v) is 12.7. The smallest absolute Gasteiger partial charge is 0.0625 e. The molecule has 1 aromatic heterocycles. The van der Waals surface area contributed by atoms with Crippen molar-refractivity contribution in [2.45, 2.75) is 51.1 Å². The van der Waals surface area contributed by atoms with Gasteiger partial charge in [-0.15, -0.1) is 0 Å². The van der Waals surface area contributed by atoms with E-state index in [1.54, 1.807) is 5.57 Å². The van der Waals surface area contributed by atoms with Crippen molar-refractivity contribution in [1.82, 2.24) is 9.88 Å². The molecule has 0 fully saturated rings. The van der Waals surface area contributed by atoms with Crippen LogP contribution in [0.15, 0.2) is 157 Å². The average Bonchev–Trinajstić information content (AvgIpc) is 3.63. The number of fused-ring (bicyclic) bond motifs is 11. The number of nitrogens with one attached hydrogen (secondary N) is 1. The van der Waals surface area contributed by atoms with E-state index in [-0.39, 0.29) is 6.04 Å². The number of rotatable bonds is 7. The highest BCUT2D eigenvalue weighted by Crippen LogP contribution is 2.48. The van der Waals surface area contributed by atoms with Crippen LogP contribution in [0.5, 0.6) is 0 Å². The zero-order valence-corrected chi connectivity index (χ0v) is 32.1. The number of hydrogen-bond donors (Lipinski definition) is 2. The summed E-state index contributed by atoms with van der Waals surface area (Å²) in [6, 6.07) is 48.6. The van der Waals surface area contributed by atoms with Crippen LogP contribution >= 0.6 is 0 Å². The van der Waals surface area contributed by atoms with Crippen LogP contribution in [0, 0.1) is 0 Å². The molecule has 3 aliphatic rings. The first kappa shape index (κ1) is 33.9. The molecule has 0 spiro atoms. The Morgan fingerprint density at radius 3 is 2.33 bits per heavy atom. The molecule has 0 amide bonds. The Hall–Kier alpha value is -6.42. The molecule has 0 radical (unpaired) electrons. The van der Waals surface area contributed by atoms with Crippen LogP contribution in [0.1, 0.15) is 66.0 Å². The second-order valence-electron chi connectivity index (χ2n) is 15.9. The fourth-order valence-corrected chi connectivity index (χ4v) is 10.0. The number of allylic oxidation sites excluding steroid dienone is 4. The Morgan fingerprint density at radius 1 is 0.684 bits per heavy atom. The number of aryl methyl sites for hydroxylation is 1. The van der Waals surface area contributed by atoms with E-state index in [1.807, 2.05) is 0 Å². The van der Waals surface area contributed by atoms with Crippen molar-refractivity contribution < 1.29 is 0 Å². The van der Waals surface area contributed by atoms with E-state index < -0.39 is 0 Å². The van der Waals surface area contributed by atoms with Crippen molar-refractivity contribution in [1.29, 1.82) is 0 Å². The number of hydrogen-bond acceptors (Lipinski definition) is 2. The predicted molar refractivity (Wildman–Crippen MR) is 241 cm³/mol. The van der Waals surface area contributed by atoms with Gasteiger partial charge in [-0.1, -0.05) is 140 Å². The van der Waals surface area contributed by atoms with Gasteiger partial charge in [-0.3, -0.25) is 0 Å². The summed E-state index contributed by atoms with van der Waals surface area (Å²) in [5.41, 5.74) is 21.5. The van der Waals surface area contributed by atoms with Crippen molar-refractivity contribution in [3.05, 3.63) is 196 Å². The minimum atomic E-state index is -0.312. The van der Waals surface area contributed by atoms with E-state index >= 15 is 0 Å². The molecule has 276 valence electrons. The molecule has 57 heavy (non-hydrogen) atoms. The summed E-state index contributed by atoms with van der Waals surface area (Å²) in [7, 11) is 0. The molecule has 3 aliphatic carbocycles. The van der Waals surface area contributed by atoms with E-state index in [2.05, 4.69) is 174 Å². The molecule has 8 aromatic rings. The minimum Gasteiger partial charge on any atom is -0.381 e. The molecular formula is C54H45N3. The van der Waals surface area contributed by atoms with Crippen LogP contribution in [-0.2, 0) is 13.0 Å². The van der Waals surface area contributed by atoms with Crippen molar-refractivity contribution >= 4 is 66.8 Å². The minimum absolute atomic E-state index is 0.312. The highest BCUT2D eigenvalue weighted by molar-refractivity contribution is 6.24. The molecule has 1 heterocycles. The van der Waals surface area contributed by atoms with Gasteiger partial charge in [0, 0.05) is 39.7 Å². The van der Waals surface area contributed by atoms with Gasteiger partial charge in [0.25, 0.3) is 0 Å². The van der Waals surface area contributed by atoms with Crippen LogP contribution < -0.4 is 21.5 Å². The normalized spacial score (nSPS) is 15.6. The first-order chi connectivity index (χ1) is 28.2. The topological polar surface area (TPSA) is 43.0 Å². The summed E-state index contributed by atoms with van der Waals surface area (Å²) in [5.74, 6) is 0. The second kappa shape index (κ2) is 14.0. The third-order valence-electron chi connectivity index (χ3n) is 12.7. The van der Waals surface area contributed by atoms with Gasteiger partial charge in [0.2, 0.25) is 0 Å². The average molecular weight is 736 g/mol. The fourth-order valence-electron chi connectivity index (χ4n) is 10.0. The zero-order valence-electron chi connectivity index (χ0n) is 32.1. The Bertz CT molecular complexity index is 3130. The maximum Gasteiger partial charge on any atom is 0.0625 e. The summed E-state index contributed by atoms with van der Waals surface area (Å²) in [5, 5.41) is 14.4. The lowest BCUT2D eigenvalue weighted by molar-refractivity contribution is 0.860. The van der Waals surface area contributed by atoms with Crippen molar-refractivity contribution in [3.8, 4) is 5.69 Å². The van der Waals surface area contributed by atoms with Crippen molar-refractivity contribution in [3.63, 3.8) is 0 Å². The molecule has 0 aliphatic heterocycles. The van der Waals surface area contributed by atoms with E-state index in [0.717, 1.165) is 55.5 Å². The first-order valence-corrected chi connectivity index (χ1v) is 20.6. The molecule has 3 N–H and O–H groups in total. The highest BCUT2D eigenvalue weighted by Gasteiger charge is 2.28. The molecule has 1 unspecified atom stereocenters. The summed E-state index contributed by atoms with van der Waals surface area (Å²) < 4.78 is 2.51. The van der Waals surface area contributed by atoms with Gasteiger partial charge in [0.15, 0.2) is 0 Å². The Balaban J connectivity index is 1.03. The van der Waals surface area contributed by atoms with Crippen LogP contribution in [0.4, 0.5) is 0 Å². The number of para-hydroxylation sites is 1. The van der Waals surface area contributed by atoms with E-state index in [1.165, 1.54) is 81.6 Å². The third kappa shape index (κ3) is 5.68. The molecule has 3 heteroatoms. The van der Waals surface area contributed by atoms with Gasteiger partial charge in [-0.2, -0.15) is 0 Å². The quantitative estimate of drug-likeness (QED) is 0.171. The Kier molecular flexibility index (Phi) is 8.29. The lowest BCUT2D eigenvalue weighted by Crippen LogP contribution is -2.32. The number of nitrogens with zero attached hydrogens (tertiary/aromatic N) is 1. The maximum absolute atomic E-state index is 7.18. The van der Waals surface area contributed by atoms with E-state index in [4.69, 9.17) is 5.73 Å². The molecule has 7 aromatic carbocycles. The fraction of sp³-hybridized carbons (Fsp3) is 0.148. The summed E-state index contributed by atoms with van der Waals surface area (Å²) in [6.45, 7) is 0.701. The largest absolute Gasteiger partial charge is 0.381 e. The lowest BCUT2D eigenvalue weighted by atomic mass is 9.77. The first-order valence-electron chi connectivity index (χ1n) is 20.6. The van der Waals surface area contributed by atoms with Crippen LogP contribution in [0.3, 0.4) is 0 Å². The van der Waals surface area contributed by atoms with Gasteiger partial charge < -0.3 is 15.6 Å².